The molecule has 0 radical (unpaired) electrons. The summed E-state index contributed by atoms with van der Waals surface area (Å²) in [5.41, 5.74) is 2.00. The summed E-state index contributed by atoms with van der Waals surface area (Å²) in [6.45, 7) is 4.50. The van der Waals surface area contributed by atoms with E-state index in [1.165, 1.54) is 11.8 Å². The second-order valence-corrected chi connectivity index (χ2v) is 8.18. The average molecular weight is 314 g/mol. The Morgan fingerprint density at radius 2 is 1.96 bits per heavy atom. The number of hydrogen-bond donors (Lipinski definition) is 3. The predicted octanol–water partition coefficient (Wildman–Crippen LogP) is 4.19. The Balaban J connectivity index is 1.79. The van der Waals surface area contributed by atoms with Gasteiger partial charge < -0.3 is 15.3 Å². The molecule has 0 spiro atoms. The molecule has 6 atom stereocenters. The van der Waals surface area contributed by atoms with Crippen molar-refractivity contribution in [3.8, 4) is 0 Å². The van der Waals surface area contributed by atoms with Gasteiger partial charge >= 0.3 is 0 Å². The van der Waals surface area contributed by atoms with Crippen LogP contribution in [0.4, 0.5) is 0 Å². The molecule has 0 amide bonds. The molecule has 0 aromatic heterocycles. The van der Waals surface area contributed by atoms with Crippen LogP contribution in [-0.2, 0) is 0 Å². The topological polar surface area (TPSA) is 60.7 Å². The molecule has 0 aromatic rings. The molecule has 0 heterocycles. The highest BCUT2D eigenvalue weighted by Crippen LogP contribution is 2.64. The van der Waals surface area contributed by atoms with Gasteiger partial charge in [-0.3, -0.25) is 0 Å². The van der Waals surface area contributed by atoms with Crippen molar-refractivity contribution in [2.24, 2.45) is 28.6 Å². The lowest BCUT2D eigenvalue weighted by atomic mass is 9.50. The van der Waals surface area contributed by atoms with E-state index in [0.29, 0.717) is 17.8 Å². The van der Waals surface area contributed by atoms with Crippen LogP contribution in [0.1, 0.15) is 39.5 Å². The molecule has 4 rings (SSSR count). The Kier molecular flexibility index (Phi) is 3.12. The van der Waals surface area contributed by atoms with Gasteiger partial charge in [-0.15, -0.1) is 0 Å². The van der Waals surface area contributed by atoms with Gasteiger partial charge in [0.05, 0.1) is 6.26 Å². The summed E-state index contributed by atoms with van der Waals surface area (Å²) in [4.78, 5) is 0. The van der Waals surface area contributed by atoms with Crippen LogP contribution in [0.3, 0.4) is 0 Å². The third-order valence-electron chi connectivity index (χ3n) is 7.35. The number of aliphatic hydroxyl groups is 3. The minimum Gasteiger partial charge on any atom is -0.516 e. The molecule has 0 bridgehead atoms. The summed E-state index contributed by atoms with van der Waals surface area (Å²) in [5, 5.41) is 29.9. The van der Waals surface area contributed by atoms with E-state index in [2.05, 4.69) is 26.0 Å². The first kappa shape index (κ1) is 15.1. The van der Waals surface area contributed by atoms with Crippen molar-refractivity contribution < 1.29 is 15.3 Å². The molecule has 4 aliphatic rings. The molecule has 4 aliphatic carbocycles. The first-order chi connectivity index (χ1) is 10.9. The van der Waals surface area contributed by atoms with Gasteiger partial charge in [-0.2, -0.15) is 0 Å². The maximum absolute atomic E-state index is 10.3. The summed E-state index contributed by atoms with van der Waals surface area (Å²) in [6, 6.07) is 0. The first-order valence-electron chi connectivity index (χ1n) is 8.75. The lowest BCUT2D eigenvalue weighted by molar-refractivity contribution is 0.0369. The fourth-order valence-corrected chi connectivity index (χ4v) is 5.93. The summed E-state index contributed by atoms with van der Waals surface area (Å²) in [7, 11) is 0. The standard InChI is InChI=1S/C20H26O3/c1-19-9-7-15-13(14(19)5-3-12(19)11-21)4-6-16-18(23)17(22)8-10-20(15,16)2/h4,6,8,10-11,13-15,17,21-23H,3,5,7,9H2,1-2H3/b12-11-/t13-,14-,15-,17?,19+,20+/m0/s1. The Labute approximate surface area is 137 Å². The van der Waals surface area contributed by atoms with Crippen molar-refractivity contribution in [1.29, 1.82) is 0 Å². The van der Waals surface area contributed by atoms with Crippen molar-refractivity contribution in [3.05, 3.63) is 47.5 Å². The molecule has 0 saturated heterocycles. The van der Waals surface area contributed by atoms with E-state index in [0.717, 1.165) is 31.3 Å². The largest absolute Gasteiger partial charge is 0.516 e. The van der Waals surface area contributed by atoms with Gasteiger partial charge in [-0.25, -0.2) is 0 Å². The monoisotopic (exact) mass is 314 g/mol. The number of rotatable bonds is 0. The van der Waals surface area contributed by atoms with Crippen LogP contribution in [0.5, 0.6) is 0 Å². The fraction of sp³-hybridized carbons (Fsp3) is 0.600. The normalized spacial score (nSPS) is 50.0. The summed E-state index contributed by atoms with van der Waals surface area (Å²) >= 11 is 0. The van der Waals surface area contributed by atoms with Crippen LogP contribution in [0.2, 0.25) is 0 Å². The van der Waals surface area contributed by atoms with E-state index in [4.69, 9.17) is 0 Å². The highest BCUT2D eigenvalue weighted by atomic mass is 16.3. The van der Waals surface area contributed by atoms with Gasteiger partial charge in [-0.1, -0.05) is 38.2 Å². The second kappa shape index (κ2) is 4.76. The molecule has 124 valence electrons. The molecule has 2 saturated carbocycles. The van der Waals surface area contributed by atoms with E-state index in [9.17, 15) is 15.3 Å². The number of fused-ring (bicyclic) bond motifs is 5. The van der Waals surface area contributed by atoms with Gasteiger partial charge in [0.2, 0.25) is 0 Å². The SMILES string of the molecule is C[C@]12C=CC(O)C(O)=C1C=C[C@@H]1[C@@H]2CC[C@]2(C)/C(=C\O)CC[C@@H]12. The molecule has 3 nitrogen and oxygen atoms in total. The number of hydrogen-bond acceptors (Lipinski definition) is 3. The van der Waals surface area contributed by atoms with E-state index >= 15 is 0 Å². The summed E-state index contributed by atoms with van der Waals surface area (Å²) in [5.74, 6) is 1.58. The van der Waals surface area contributed by atoms with Crippen LogP contribution < -0.4 is 0 Å². The summed E-state index contributed by atoms with van der Waals surface area (Å²) in [6.07, 6.45) is 12.9. The third kappa shape index (κ3) is 1.80. The van der Waals surface area contributed by atoms with Gasteiger partial charge in [-0.05, 0) is 54.4 Å². The highest BCUT2D eigenvalue weighted by molar-refractivity contribution is 5.44. The zero-order valence-electron chi connectivity index (χ0n) is 13.9. The quantitative estimate of drug-likeness (QED) is 0.464. The molecule has 0 aromatic carbocycles. The number of allylic oxidation sites excluding steroid dienone is 5. The van der Waals surface area contributed by atoms with Crippen molar-refractivity contribution in [2.45, 2.75) is 45.6 Å². The predicted molar refractivity (Wildman–Crippen MR) is 89.8 cm³/mol. The van der Waals surface area contributed by atoms with Crippen LogP contribution in [-0.4, -0.2) is 21.4 Å². The molecule has 1 unspecified atom stereocenters. The maximum Gasteiger partial charge on any atom is 0.129 e. The van der Waals surface area contributed by atoms with Crippen molar-refractivity contribution in [3.63, 3.8) is 0 Å². The minimum absolute atomic E-state index is 0.109. The Morgan fingerprint density at radius 1 is 1.17 bits per heavy atom. The lowest BCUT2D eigenvalue weighted by Crippen LogP contribution is -2.47. The van der Waals surface area contributed by atoms with Crippen molar-refractivity contribution in [1.82, 2.24) is 0 Å². The number of aliphatic hydroxyl groups excluding tert-OH is 3. The van der Waals surface area contributed by atoms with E-state index in [-0.39, 0.29) is 16.6 Å². The molecule has 3 heteroatoms. The Morgan fingerprint density at radius 3 is 2.70 bits per heavy atom. The van der Waals surface area contributed by atoms with E-state index in [1.807, 2.05) is 6.08 Å². The molecular formula is C20H26O3. The van der Waals surface area contributed by atoms with Gasteiger partial charge in [0.25, 0.3) is 0 Å². The van der Waals surface area contributed by atoms with Crippen LogP contribution >= 0.6 is 0 Å². The van der Waals surface area contributed by atoms with Gasteiger partial charge in [0.1, 0.15) is 11.9 Å². The third-order valence-corrected chi connectivity index (χ3v) is 7.35. The molecule has 0 aliphatic heterocycles. The Bertz CT molecular complexity index is 656. The maximum atomic E-state index is 10.3. The summed E-state index contributed by atoms with van der Waals surface area (Å²) < 4.78 is 0. The molecule has 23 heavy (non-hydrogen) atoms. The van der Waals surface area contributed by atoms with Gasteiger partial charge in [0.15, 0.2) is 0 Å². The zero-order chi connectivity index (χ0) is 16.4. The first-order valence-corrected chi connectivity index (χ1v) is 8.75. The molecular weight excluding hydrogens is 288 g/mol. The van der Waals surface area contributed by atoms with Crippen LogP contribution in [0.15, 0.2) is 47.5 Å². The fourth-order valence-electron chi connectivity index (χ4n) is 5.93. The minimum atomic E-state index is -0.872. The van der Waals surface area contributed by atoms with E-state index < -0.39 is 6.10 Å². The highest BCUT2D eigenvalue weighted by Gasteiger charge is 2.56. The van der Waals surface area contributed by atoms with Gasteiger partial charge in [0, 0.05) is 11.0 Å². The van der Waals surface area contributed by atoms with Crippen LogP contribution in [0.25, 0.3) is 0 Å². The lowest BCUT2D eigenvalue weighted by Gasteiger charge is -2.54. The smallest absolute Gasteiger partial charge is 0.129 e. The van der Waals surface area contributed by atoms with Crippen LogP contribution in [0, 0.1) is 28.6 Å². The zero-order valence-corrected chi connectivity index (χ0v) is 13.9. The Hall–Kier alpha value is -1.48. The average Bonchev–Trinajstić information content (AvgIpc) is 2.88. The molecule has 3 N–H and O–H groups in total. The van der Waals surface area contributed by atoms with Crippen molar-refractivity contribution >= 4 is 0 Å². The van der Waals surface area contributed by atoms with Crippen molar-refractivity contribution in [2.75, 3.05) is 0 Å². The molecule has 2 fully saturated rings. The second-order valence-electron chi connectivity index (χ2n) is 8.18. The van der Waals surface area contributed by atoms with E-state index in [1.54, 1.807) is 6.08 Å².